The van der Waals surface area contributed by atoms with Gasteiger partial charge in [-0.3, -0.25) is 0 Å². The van der Waals surface area contributed by atoms with Gasteiger partial charge in [-0.15, -0.1) is 5.92 Å². The van der Waals surface area contributed by atoms with Crippen molar-refractivity contribution in [2.45, 2.75) is 191 Å². The SMILES string of the molecule is C/C=C\c1cccc(NC)c1.CC.CC.CC#C/C(C)=C(C)/C=C\C.CC1=C/CC2(C/C=C\C=C/CC/C=C\1)CCCC2.CC1=CCC(C)(c2ccc(C)cc2)C=C1.Cc1ccc2c(c1)C1(CCCC1)c1ccccc1-2. The normalized spacial score (nSPS) is 20.5. The molecule has 4 aromatic rings. The zero-order valence-electron chi connectivity index (χ0n) is 50.4. The van der Waals surface area contributed by atoms with E-state index in [1.807, 2.05) is 86.7 Å². The second-order valence-corrected chi connectivity index (χ2v) is 21.1. The molecule has 1 unspecified atom stereocenters. The van der Waals surface area contributed by atoms with Gasteiger partial charge in [0.05, 0.1) is 0 Å². The fraction of sp³-hybridized carbons (Fsp3) is 0.413. The topological polar surface area (TPSA) is 12.0 Å². The van der Waals surface area contributed by atoms with Gasteiger partial charge in [-0.05, 0) is 177 Å². The molecule has 2 saturated carbocycles. The van der Waals surface area contributed by atoms with Crippen molar-refractivity contribution < 1.29 is 0 Å². The van der Waals surface area contributed by atoms with Crippen molar-refractivity contribution in [1.82, 2.24) is 0 Å². The average Bonchev–Trinajstić information content (AvgIpc) is 4.20. The van der Waals surface area contributed by atoms with Crippen molar-refractivity contribution in [3.8, 4) is 23.0 Å². The molecule has 1 atom stereocenters. The molecule has 76 heavy (non-hydrogen) atoms. The molecular weight excluding hydrogens is 915 g/mol. The van der Waals surface area contributed by atoms with Crippen LogP contribution in [0.5, 0.6) is 0 Å². The zero-order valence-corrected chi connectivity index (χ0v) is 50.4. The molecule has 0 aliphatic heterocycles. The summed E-state index contributed by atoms with van der Waals surface area (Å²) >= 11 is 0. The van der Waals surface area contributed by atoms with Crippen LogP contribution in [0.2, 0.25) is 0 Å². The van der Waals surface area contributed by atoms with E-state index in [-0.39, 0.29) is 5.41 Å². The maximum Gasteiger partial charge on any atom is 0.0343 e. The predicted molar refractivity (Wildman–Crippen MR) is 342 cm³/mol. The van der Waals surface area contributed by atoms with Crippen molar-refractivity contribution in [1.29, 1.82) is 0 Å². The van der Waals surface area contributed by atoms with Gasteiger partial charge in [0.1, 0.15) is 0 Å². The Kier molecular flexibility index (Phi) is 29.2. The summed E-state index contributed by atoms with van der Waals surface area (Å²) in [7, 11) is 1.93. The summed E-state index contributed by atoms with van der Waals surface area (Å²) in [5.74, 6) is 5.87. The first-order valence-corrected chi connectivity index (χ1v) is 29.2. The largest absolute Gasteiger partial charge is 0.388 e. The molecule has 0 saturated heterocycles. The molecule has 5 aliphatic rings. The van der Waals surface area contributed by atoms with Crippen molar-refractivity contribution in [3.05, 3.63) is 226 Å². The van der Waals surface area contributed by atoms with Crippen LogP contribution >= 0.6 is 0 Å². The van der Waals surface area contributed by atoms with Gasteiger partial charge in [0.2, 0.25) is 0 Å². The molecule has 0 aromatic heterocycles. The van der Waals surface area contributed by atoms with Gasteiger partial charge in [-0.25, -0.2) is 0 Å². The zero-order chi connectivity index (χ0) is 55.8. The molecule has 1 N–H and O–H groups in total. The van der Waals surface area contributed by atoms with Crippen LogP contribution in [0.25, 0.3) is 17.2 Å². The number of benzene rings is 4. The predicted octanol–water partition coefficient (Wildman–Crippen LogP) is 22.5. The monoisotopic (exact) mass is 1020 g/mol. The second kappa shape index (κ2) is 34.5. The number of nitrogens with one attached hydrogen (secondary N) is 1. The highest BCUT2D eigenvalue weighted by Gasteiger charge is 2.44. The van der Waals surface area contributed by atoms with Crippen molar-refractivity contribution in [2.24, 2.45) is 5.41 Å². The van der Waals surface area contributed by atoms with Crippen LogP contribution in [-0.4, -0.2) is 7.05 Å². The van der Waals surface area contributed by atoms with Gasteiger partial charge in [0.15, 0.2) is 0 Å². The van der Waals surface area contributed by atoms with Crippen molar-refractivity contribution in [3.63, 3.8) is 0 Å². The Morgan fingerprint density at radius 2 is 1.22 bits per heavy atom. The summed E-state index contributed by atoms with van der Waals surface area (Å²) in [6, 6.07) is 33.2. The summed E-state index contributed by atoms with van der Waals surface area (Å²) in [4.78, 5) is 0. The Balaban J connectivity index is 0.000000250. The molecule has 2 fully saturated rings. The smallest absolute Gasteiger partial charge is 0.0343 e. The molecule has 406 valence electrons. The van der Waals surface area contributed by atoms with Crippen molar-refractivity contribution >= 4 is 11.8 Å². The van der Waals surface area contributed by atoms with E-state index in [0.29, 0.717) is 10.8 Å². The summed E-state index contributed by atoms with van der Waals surface area (Å²) in [5, 5.41) is 3.09. The Morgan fingerprint density at radius 3 is 1.87 bits per heavy atom. The summed E-state index contributed by atoms with van der Waals surface area (Å²) in [6.07, 6.45) is 48.3. The second-order valence-electron chi connectivity index (χ2n) is 21.1. The lowest BCUT2D eigenvalue weighted by Crippen LogP contribution is -2.20. The Labute approximate surface area is 467 Å². The third-order valence-corrected chi connectivity index (χ3v) is 15.3. The standard InChI is InChI=1S/C18H18.C18H26.C15H18.C10H13N.C10H14.2C2H6/c1-13-8-9-15-14-6-2-3-7-16(14)18(17(15)12-13)10-4-5-11-18;1-17-11-7-5-3-2-4-6-8-13-18(16-12-17)14-9-10-15-18;1-12-4-6-14(7-5-12)15(3)10-8-13(2)9-11-15;1-3-5-9-6-4-7-10(8-9)11-2;1-5-7-9(3)10(4)8-6-2;2*1-2/h2-3,6-9,12H,4-5,10-11H2,1H3;2,4,6-8,11-12H,3,5,9-10,13-16H2,1H3;4-10H,11H2,1-3H3;3-8,11H,1-2H3;5,7H,1-4H3;2*1-2H3/b;4-2-,8-6-,11-7-,17-12-;;5-3-;7-5-,10-9+;;. The number of allylic oxidation sites excluding steroid dienone is 17. The maximum atomic E-state index is 3.09. The van der Waals surface area contributed by atoms with E-state index >= 15 is 0 Å². The van der Waals surface area contributed by atoms with E-state index in [0.717, 1.165) is 30.5 Å². The summed E-state index contributed by atoms with van der Waals surface area (Å²) in [5.41, 5.74) is 19.0. The first-order chi connectivity index (χ1) is 36.8. The quantitative estimate of drug-likeness (QED) is 0.159. The molecule has 5 aliphatic carbocycles. The molecule has 0 amide bonds. The maximum absolute atomic E-state index is 3.09. The molecule has 1 heteroatoms. The molecule has 0 radical (unpaired) electrons. The van der Waals surface area contributed by atoms with E-state index < -0.39 is 0 Å². The summed E-state index contributed by atoms with van der Waals surface area (Å²) < 4.78 is 0. The molecular formula is C75H101N. The Morgan fingerprint density at radius 1 is 0.605 bits per heavy atom. The minimum atomic E-state index is 0.188. The third-order valence-electron chi connectivity index (χ3n) is 15.3. The highest BCUT2D eigenvalue weighted by atomic mass is 14.8. The van der Waals surface area contributed by atoms with Gasteiger partial charge in [-0.1, -0.05) is 252 Å². The molecule has 9 rings (SSSR count). The molecule has 0 heterocycles. The van der Waals surface area contributed by atoms with Crippen LogP contribution in [0, 0.1) is 31.1 Å². The number of hydrogen-bond acceptors (Lipinski definition) is 1. The minimum absolute atomic E-state index is 0.188. The van der Waals surface area contributed by atoms with Crippen LogP contribution in [0.4, 0.5) is 5.69 Å². The highest BCUT2D eigenvalue weighted by Crippen LogP contribution is 2.56. The number of aryl methyl sites for hydroxylation is 2. The number of anilines is 1. The van der Waals surface area contributed by atoms with Crippen LogP contribution in [0.15, 0.2) is 192 Å². The molecule has 0 bridgehead atoms. The highest BCUT2D eigenvalue weighted by molar-refractivity contribution is 5.81. The molecule has 4 aromatic carbocycles. The number of hydrogen-bond donors (Lipinski definition) is 1. The van der Waals surface area contributed by atoms with Crippen molar-refractivity contribution in [2.75, 3.05) is 12.4 Å². The van der Waals surface area contributed by atoms with Gasteiger partial charge in [-0.2, -0.15) is 0 Å². The first-order valence-electron chi connectivity index (χ1n) is 29.2. The molecule has 1 nitrogen and oxygen atoms in total. The van der Waals surface area contributed by atoms with Gasteiger partial charge < -0.3 is 5.32 Å². The van der Waals surface area contributed by atoms with Crippen LogP contribution in [0.3, 0.4) is 0 Å². The fourth-order valence-corrected chi connectivity index (χ4v) is 10.8. The average molecular weight is 1020 g/mol. The van der Waals surface area contributed by atoms with E-state index in [1.165, 1.54) is 114 Å². The van der Waals surface area contributed by atoms with E-state index in [2.05, 4.69) is 210 Å². The van der Waals surface area contributed by atoms with Crippen LogP contribution < -0.4 is 5.32 Å². The van der Waals surface area contributed by atoms with E-state index in [4.69, 9.17) is 0 Å². The lowest BCUT2D eigenvalue weighted by atomic mass is 9.76. The Hall–Kier alpha value is -6.10. The minimum Gasteiger partial charge on any atom is -0.388 e. The van der Waals surface area contributed by atoms with E-state index in [9.17, 15) is 0 Å². The van der Waals surface area contributed by atoms with Crippen LogP contribution in [-0.2, 0) is 10.8 Å². The lowest BCUT2D eigenvalue weighted by Gasteiger charge is -2.28. The summed E-state index contributed by atoms with van der Waals surface area (Å²) in [6.45, 7) is 29.0. The van der Waals surface area contributed by atoms with Gasteiger partial charge in [0.25, 0.3) is 0 Å². The number of rotatable bonds is 4. The molecule has 2 spiro atoms. The van der Waals surface area contributed by atoms with Gasteiger partial charge in [0, 0.05) is 29.1 Å². The Bertz CT molecular complexity index is 2690. The third kappa shape index (κ3) is 19.8. The van der Waals surface area contributed by atoms with Crippen LogP contribution in [0.1, 0.15) is 200 Å². The fourth-order valence-electron chi connectivity index (χ4n) is 10.8. The van der Waals surface area contributed by atoms with Gasteiger partial charge >= 0.3 is 0 Å². The first kappa shape index (κ1) is 64.2. The number of fused-ring (bicyclic) bond motifs is 5. The van der Waals surface area contributed by atoms with E-state index in [1.54, 1.807) is 11.1 Å². The lowest BCUT2D eigenvalue weighted by molar-refractivity contribution is 0.304.